The summed E-state index contributed by atoms with van der Waals surface area (Å²) in [6.07, 6.45) is 14.3. The van der Waals surface area contributed by atoms with Gasteiger partial charge >= 0.3 is 0 Å². The molecule has 4 aliphatic rings. The van der Waals surface area contributed by atoms with Gasteiger partial charge in [0.2, 0.25) is 0 Å². The molecule has 0 saturated heterocycles. The van der Waals surface area contributed by atoms with Crippen molar-refractivity contribution in [3.8, 4) is 12.3 Å². The zero-order chi connectivity index (χ0) is 8.18. The van der Waals surface area contributed by atoms with Gasteiger partial charge in [-0.1, -0.05) is 5.92 Å². The molecule has 0 heteroatoms. The summed E-state index contributed by atoms with van der Waals surface area (Å²) in [6, 6.07) is 0. The molecule has 64 valence electrons. The summed E-state index contributed by atoms with van der Waals surface area (Å²) in [4.78, 5) is 0. The molecule has 0 radical (unpaired) electrons. The quantitative estimate of drug-likeness (QED) is 0.478. The second-order valence-corrected chi connectivity index (χ2v) is 5.34. The van der Waals surface area contributed by atoms with Gasteiger partial charge in [0.15, 0.2) is 0 Å². The van der Waals surface area contributed by atoms with E-state index >= 15 is 0 Å². The summed E-state index contributed by atoms with van der Waals surface area (Å²) >= 11 is 0. The molecule has 0 aromatic carbocycles. The van der Waals surface area contributed by atoms with E-state index in [0.29, 0.717) is 5.41 Å². The van der Waals surface area contributed by atoms with Crippen LogP contribution >= 0.6 is 0 Å². The molecular formula is C12H16. The zero-order valence-corrected chi connectivity index (χ0v) is 7.55. The van der Waals surface area contributed by atoms with Gasteiger partial charge in [0.1, 0.15) is 0 Å². The molecule has 4 aliphatic carbocycles. The summed E-state index contributed by atoms with van der Waals surface area (Å²) in [5.41, 5.74) is 0.370. The minimum atomic E-state index is 0.370. The highest BCUT2D eigenvalue weighted by atomic mass is 14.5. The fraction of sp³-hybridized carbons (Fsp3) is 0.833. The molecule has 0 aromatic heterocycles. The van der Waals surface area contributed by atoms with Crippen LogP contribution in [0.15, 0.2) is 0 Å². The van der Waals surface area contributed by atoms with E-state index in [0.717, 1.165) is 17.8 Å². The van der Waals surface area contributed by atoms with Gasteiger partial charge in [0.25, 0.3) is 0 Å². The molecule has 0 spiro atoms. The summed E-state index contributed by atoms with van der Waals surface area (Å²) in [5.74, 6) is 6.13. The van der Waals surface area contributed by atoms with E-state index in [9.17, 15) is 0 Å². The average molecular weight is 160 g/mol. The largest absolute Gasteiger partial charge is 0.120 e. The van der Waals surface area contributed by atoms with Crippen molar-refractivity contribution >= 4 is 0 Å². The SMILES string of the molecule is C#CC12CC3CC(CC(C3)C1)C2. The van der Waals surface area contributed by atoms with Crippen molar-refractivity contribution in [1.82, 2.24) is 0 Å². The van der Waals surface area contributed by atoms with Gasteiger partial charge < -0.3 is 0 Å². The van der Waals surface area contributed by atoms with E-state index in [-0.39, 0.29) is 0 Å². The van der Waals surface area contributed by atoms with Crippen LogP contribution in [0.3, 0.4) is 0 Å². The Morgan fingerprint density at radius 3 is 1.67 bits per heavy atom. The molecule has 12 heavy (non-hydrogen) atoms. The standard InChI is InChI=1S/C12H16/c1-2-12-6-9-3-10(7-12)5-11(4-9)8-12/h1,9-11H,3-8H2. The minimum Gasteiger partial charge on any atom is -0.120 e. The lowest BCUT2D eigenvalue weighted by Gasteiger charge is -2.54. The first kappa shape index (κ1) is 7.01. The van der Waals surface area contributed by atoms with E-state index < -0.39 is 0 Å². The maximum atomic E-state index is 5.68. The molecule has 0 aliphatic heterocycles. The van der Waals surface area contributed by atoms with E-state index in [1.807, 2.05) is 0 Å². The first-order valence-electron chi connectivity index (χ1n) is 5.27. The predicted molar refractivity (Wildman–Crippen MR) is 49.4 cm³/mol. The van der Waals surface area contributed by atoms with Crippen LogP contribution in [0, 0.1) is 35.5 Å². The Labute approximate surface area is 74.7 Å². The third kappa shape index (κ3) is 0.802. The van der Waals surface area contributed by atoms with Gasteiger partial charge in [-0.3, -0.25) is 0 Å². The lowest BCUT2D eigenvalue weighted by atomic mass is 9.50. The van der Waals surface area contributed by atoms with Crippen molar-refractivity contribution in [2.24, 2.45) is 23.2 Å². The Kier molecular flexibility index (Phi) is 1.21. The Morgan fingerprint density at radius 1 is 0.917 bits per heavy atom. The van der Waals surface area contributed by atoms with Crippen LogP contribution in [0.2, 0.25) is 0 Å². The number of hydrogen-bond acceptors (Lipinski definition) is 0. The van der Waals surface area contributed by atoms with Gasteiger partial charge in [0.05, 0.1) is 0 Å². The minimum absolute atomic E-state index is 0.370. The van der Waals surface area contributed by atoms with Crippen LogP contribution in [0.4, 0.5) is 0 Å². The lowest BCUT2D eigenvalue weighted by Crippen LogP contribution is -2.45. The van der Waals surface area contributed by atoms with E-state index in [1.165, 1.54) is 38.5 Å². The van der Waals surface area contributed by atoms with Crippen LogP contribution in [0.1, 0.15) is 38.5 Å². The second-order valence-electron chi connectivity index (χ2n) is 5.34. The van der Waals surface area contributed by atoms with Crippen molar-refractivity contribution in [1.29, 1.82) is 0 Å². The Bertz CT molecular complexity index is 208. The first-order valence-corrected chi connectivity index (χ1v) is 5.27. The van der Waals surface area contributed by atoms with Crippen molar-refractivity contribution < 1.29 is 0 Å². The third-order valence-electron chi connectivity index (χ3n) is 4.34. The highest BCUT2D eigenvalue weighted by Crippen LogP contribution is 2.59. The summed E-state index contributed by atoms with van der Waals surface area (Å²) in [6.45, 7) is 0. The molecule has 0 unspecified atom stereocenters. The topological polar surface area (TPSA) is 0 Å². The van der Waals surface area contributed by atoms with Crippen LogP contribution in [0.25, 0.3) is 0 Å². The maximum Gasteiger partial charge on any atom is 0.0320 e. The van der Waals surface area contributed by atoms with Crippen molar-refractivity contribution in [2.45, 2.75) is 38.5 Å². The highest BCUT2D eigenvalue weighted by molar-refractivity contribution is 5.14. The van der Waals surface area contributed by atoms with E-state index in [1.54, 1.807) is 0 Å². The third-order valence-corrected chi connectivity index (χ3v) is 4.34. The van der Waals surface area contributed by atoms with Gasteiger partial charge in [-0.25, -0.2) is 0 Å². The fourth-order valence-electron chi connectivity index (χ4n) is 4.29. The number of terminal acetylenes is 1. The van der Waals surface area contributed by atoms with Crippen molar-refractivity contribution in [3.63, 3.8) is 0 Å². The van der Waals surface area contributed by atoms with Crippen molar-refractivity contribution in [2.75, 3.05) is 0 Å². The smallest absolute Gasteiger partial charge is 0.0320 e. The highest BCUT2D eigenvalue weighted by Gasteiger charge is 2.49. The predicted octanol–water partition coefficient (Wildman–Crippen LogP) is 2.84. The average Bonchev–Trinajstić information content (AvgIpc) is 2.02. The molecule has 4 saturated carbocycles. The number of rotatable bonds is 0. The fourth-order valence-corrected chi connectivity index (χ4v) is 4.29. The molecule has 4 rings (SSSR count). The molecule has 0 heterocycles. The first-order chi connectivity index (χ1) is 5.80. The molecule has 4 fully saturated rings. The molecule has 0 amide bonds. The van der Waals surface area contributed by atoms with E-state index in [2.05, 4.69) is 5.92 Å². The second kappa shape index (κ2) is 2.08. The van der Waals surface area contributed by atoms with Crippen molar-refractivity contribution in [3.05, 3.63) is 0 Å². The molecule has 0 nitrogen and oxygen atoms in total. The normalized spacial score (nSPS) is 55.4. The lowest BCUT2D eigenvalue weighted by molar-refractivity contribution is -0.0180. The molecule has 4 bridgehead atoms. The summed E-state index contributed by atoms with van der Waals surface area (Å²) in [5, 5.41) is 0. The van der Waals surface area contributed by atoms with Crippen LogP contribution in [-0.4, -0.2) is 0 Å². The summed E-state index contributed by atoms with van der Waals surface area (Å²) in [7, 11) is 0. The van der Waals surface area contributed by atoms with Crippen LogP contribution in [-0.2, 0) is 0 Å². The van der Waals surface area contributed by atoms with Gasteiger partial charge in [-0.15, -0.1) is 6.42 Å². The van der Waals surface area contributed by atoms with Gasteiger partial charge in [0, 0.05) is 5.41 Å². The van der Waals surface area contributed by atoms with Crippen LogP contribution < -0.4 is 0 Å². The monoisotopic (exact) mass is 160 g/mol. The Morgan fingerprint density at radius 2 is 1.33 bits per heavy atom. The summed E-state index contributed by atoms with van der Waals surface area (Å²) < 4.78 is 0. The molecule has 0 atom stereocenters. The van der Waals surface area contributed by atoms with E-state index in [4.69, 9.17) is 6.42 Å². The molecule has 0 N–H and O–H groups in total. The Hall–Kier alpha value is -0.440. The van der Waals surface area contributed by atoms with Crippen LogP contribution in [0.5, 0.6) is 0 Å². The molecule has 0 aromatic rings. The van der Waals surface area contributed by atoms with Gasteiger partial charge in [-0.05, 0) is 56.3 Å². The maximum absolute atomic E-state index is 5.68. The number of hydrogen-bond donors (Lipinski definition) is 0. The zero-order valence-electron chi connectivity index (χ0n) is 7.55. The molecular weight excluding hydrogens is 144 g/mol. The Balaban J connectivity index is 1.97. The van der Waals surface area contributed by atoms with Gasteiger partial charge in [-0.2, -0.15) is 0 Å².